The molecule has 1 aromatic heterocycles. The Morgan fingerprint density at radius 1 is 1.53 bits per heavy atom. The average Bonchev–Trinajstić information content (AvgIpc) is 2.80. The third-order valence-corrected chi connectivity index (χ3v) is 3.22. The van der Waals surface area contributed by atoms with Crippen LogP contribution in [0.3, 0.4) is 0 Å². The first-order valence-electron chi connectivity index (χ1n) is 5.03. The van der Waals surface area contributed by atoms with Gasteiger partial charge < -0.3 is 5.32 Å². The Bertz CT molecular complexity index is 526. The van der Waals surface area contributed by atoms with Crippen molar-refractivity contribution >= 4 is 22.7 Å². The summed E-state index contributed by atoms with van der Waals surface area (Å²) in [5.41, 5.74) is 3.34. The van der Waals surface area contributed by atoms with E-state index in [4.69, 9.17) is 0 Å². The predicted molar refractivity (Wildman–Crippen MR) is 67.3 cm³/mol. The summed E-state index contributed by atoms with van der Waals surface area (Å²) >= 11 is 1.55. The van der Waals surface area contributed by atoms with E-state index in [1.165, 1.54) is 6.07 Å². The topological polar surface area (TPSA) is 68.1 Å². The predicted octanol–water partition coefficient (Wildman–Crippen LogP) is 2.97. The molecule has 6 heteroatoms. The molecule has 0 unspecified atom stereocenters. The van der Waals surface area contributed by atoms with Gasteiger partial charge in [-0.05, 0) is 13.0 Å². The lowest BCUT2D eigenvalue weighted by atomic mass is 10.1. The second kappa shape index (κ2) is 4.92. The minimum absolute atomic E-state index is 0.138. The van der Waals surface area contributed by atoms with E-state index >= 15 is 0 Å². The van der Waals surface area contributed by atoms with E-state index in [-0.39, 0.29) is 10.6 Å². The fourth-order valence-corrected chi connectivity index (χ4v) is 2.06. The quantitative estimate of drug-likeness (QED) is 0.668. The number of nitro groups is 1. The Hall–Kier alpha value is -1.95. The molecule has 0 atom stereocenters. The second-order valence-corrected chi connectivity index (χ2v) is 4.50. The maximum absolute atomic E-state index is 10.8. The first-order chi connectivity index (χ1) is 8.18. The van der Waals surface area contributed by atoms with Crippen molar-refractivity contribution in [1.29, 1.82) is 0 Å². The van der Waals surface area contributed by atoms with Gasteiger partial charge in [-0.25, -0.2) is 0 Å². The minimum Gasteiger partial charge on any atom is -0.380 e. The number of aromatic nitrogens is 1. The van der Waals surface area contributed by atoms with Crippen LogP contribution in [-0.4, -0.2) is 9.91 Å². The monoisotopic (exact) mass is 249 g/mol. The summed E-state index contributed by atoms with van der Waals surface area (Å²) in [5.74, 6) is 0. The molecule has 17 heavy (non-hydrogen) atoms. The van der Waals surface area contributed by atoms with Crippen molar-refractivity contribution in [2.75, 3.05) is 5.32 Å². The van der Waals surface area contributed by atoms with E-state index in [1.807, 2.05) is 6.07 Å². The van der Waals surface area contributed by atoms with Crippen LogP contribution in [0.5, 0.6) is 0 Å². The lowest BCUT2D eigenvalue weighted by Gasteiger charge is -2.08. The molecule has 1 N–H and O–H groups in total. The fourth-order valence-electron chi connectivity index (χ4n) is 1.52. The van der Waals surface area contributed by atoms with Crippen LogP contribution in [0.15, 0.2) is 29.9 Å². The summed E-state index contributed by atoms with van der Waals surface area (Å²) in [7, 11) is 0. The molecular weight excluding hydrogens is 238 g/mol. The van der Waals surface area contributed by atoms with Crippen LogP contribution in [0.4, 0.5) is 11.4 Å². The highest BCUT2D eigenvalue weighted by Crippen LogP contribution is 2.25. The first kappa shape index (κ1) is 11.5. The number of hydrogen-bond acceptors (Lipinski definition) is 5. The molecule has 0 bridgehead atoms. The van der Waals surface area contributed by atoms with Crippen molar-refractivity contribution in [3.05, 3.63) is 50.5 Å². The van der Waals surface area contributed by atoms with Gasteiger partial charge in [0, 0.05) is 28.4 Å². The second-order valence-electron chi connectivity index (χ2n) is 3.53. The Labute approximate surface area is 102 Å². The highest BCUT2D eigenvalue weighted by Gasteiger charge is 2.12. The molecule has 0 radical (unpaired) electrons. The Balaban J connectivity index is 2.16. The number of anilines is 1. The lowest BCUT2D eigenvalue weighted by molar-refractivity contribution is -0.385. The Morgan fingerprint density at radius 3 is 3.00 bits per heavy atom. The van der Waals surface area contributed by atoms with Gasteiger partial charge in [-0.2, -0.15) is 0 Å². The molecule has 0 spiro atoms. The van der Waals surface area contributed by atoms with Crippen molar-refractivity contribution in [2.24, 2.45) is 0 Å². The van der Waals surface area contributed by atoms with Crippen LogP contribution in [0, 0.1) is 17.0 Å². The smallest absolute Gasteiger partial charge is 0.274 e. The molecule has 0 saturated heterocycles. The molecule has 2 aromatic rings. The SMILES string of the molecule is Cc1c(NCc2cncs2)cccc1[N+](=O)[O-]. The van der Waals surface area contributed by atoms with Crippen molar-refractivity contribution in [3.63, 3.8) is 0 Å². The number of benzene rings is 1. The summed E-state index contributed by atoms with van der Waals surface area (Å²) in [6.07, 6.45) is 1.78. The van der Waals surface area contributed by atoms with Gasteiger partial charge in [-0.1, -0.05) is 6.07 Å². The van der Waals surface area contributed by atoms with E-state index in [0.29, 0.717) is 12.1 Å². The number of nitrogens with one attached hydrogen (secondary N) is 1. The maximum Gasteiger partial charge on any atom is 0.274 e. The summed E-state index contributed by atoms with van der Waals surface area (Å²) in [6, 6.07) is 5.02. The largest absolute Gasteiger partial charge is 0.380 e. The van der Waals surface area contributed by atoms with Crippen molar-refractivity contribution in [3.8, 4) is 0 Å². The summed E-state index contributed by atoms with van der Waals surface area (Å²) < 4.78 is 0. The number of nitro benzene ring substituents is 1. The van der Waals surface area contributed by atoms with Gasteiger partial charge in [0.1, 0.15) is 0 Å². The molecule has 1 aromatic carbocycles. The van der Waals surface area contributed by atoms with Crippen molar-refractivity contribution in [2.45, 2.75) is 13.5 Å². The van der Waals surface area contributed by atoms with Gasteiger partial charge >= 0.3 is 0 Å². The van der Waals surface area contributed by atoms with Gasteiger partial charge in [0.2, 0.25) is 0 Å². The van der Waals surface area contributed by atoms with Crippen LogP contribution in [0.2, 0.25) is 0 Å². The molecule has 0 aliphatic rings. The molecule has 5 nitrogen and oxygen atoms in total. The van der Waals surface area contributed by atoms with Crippen LogP contribution < -0.4 is 5.32 Å². The first-order valence-corrected chi connectivity index (χ1v) is 5.91. The van der Waals surface area contributed by atoms with E-state index < -0.39 is 0 Å². The highest BCUT2D eigenvalue weighted by atomic mass is 32.1. The molecule has 0 aliphatic carbocycles. The number of hydrogen-bond donors (Lipinski definition) is 1. The maximum atomic E-state index is 10.8. The Morgan fingerprint density at radius 2 is 2.35 bits per heavy atom. The van der Waals surface area contributed by atoms with Crippen LogP contribution in [0.25, 0.3) is 0 Å². The molecule has 2 rings (SSSR count). The minimum atomic E-state index is -0.368. The molecule has 88 valence electrons. The standard InChI is InChI=1S/C11H11N3O2S/c1-8-10(3-2-4-11(8)14(15)16)13-6-9-5-12-7-17-9/h2-5,7,13H,6H2,1H3. The summed E-state index contributed by atoms with van der Waals surface area (Å²) in [6.45, 7) is 2.37. The summed E-state index contributed by atoms with van der Waals surface area (Å²) in [4.78, 5) is 15.5. The zero-order valence-electron chi connectivity index (χ0n) is 9.21. The van der Waals surface area contributed by atoms with Gasteiger partial charge in [0.15, 0.2) is 0 Å². The van der Waals surface area contributed by atoms with Gasteiger partial charge in [-0.3, -0.25) is 15.1 Å². The van der Waals surface area contributed by atoms with Crippen LogP contribution in [0.1, 0.15) is 10.4 Å². The lowest BCUT2D eigenvalue weighted by Crippen LogP contribution is -2.01. The molecule has 0 fully saturated rings. The third-order valence-electron chi connectivity index (χ3n) is 2.44. The molecular formula is C11H11N3O2S. The van der Waals surface area contributed by atoms with Crippen LogP contribution in [-0.2, 0) is 6.54 Å². The van der Waals surface area contributed by atoms with E-state index in [0.717, 1.165) is 10.6 Å². The van der Waals surface area contributed by atoms with Crippen molar-refractivity contribution in [1.82, 2.24) is 4.98 Å². The van der Waals surface area contributed by atoms with E-state index in [9.17, 15) is 10.1 Å². The van der Waals surface area contributed by atoms with Gasteiger partial charge in [-0.15, -0.1) is 11.3 Å². The number of rotatable bonds is 4. The Kier molecular flexibility index (Phi) is 3.34. The third kappa shape index (κ3) is 2.59. The fraction of sp³-hybridized carbons (Fsp3) is 0.182. The number of thiazole rings is 1. The molecule has 1 heterocycles. The van der Waals surface area contributed by atoms with Gasteiger partial charge in [0.05, 0.1) is 17.0 Å². The zero-order chi connectivity index (χ0) is 12.3. The zero-order valence-corrected chi connectivity index (χ0v) is 10.0. The van der Waals surface area contributed by atoms with Crippen molar-refractivity contribution < 1.29 is 4.92 Å². The van der Waals surface area contributed by atoms with Crippen LogP contribution >= 0.6 is 11.3 Å². The molecule has 0 saturated carbocycles. The normalized spacial score (nSPS) is 10.2. The van der Waals surface area contributed by atoms with E-state index in [1.54, 1.807) is 36.0 Å². The highest BCUT2D eigenvalue weighted by molar-refractivity contribution is 7.09. The number of nitrogens with zero attached hydrogens (tertiary/aromatic N) is 2. The average molecular weight is 249 g/mol. The molecule has 0 amide bonds. The van der Waals surface area contributed by atoms with E-state index in [2.05, 4.69) is 10.3 Å². The van der Waals surface area contributed by atoms with Gasteiger partial charge in [0.25, 0.3) is 5.69 Å². The molecule has 0 aliphatic heterocycles. The summed E-state index contributed by atoms with van der Waals surface area (Å²) in [5, 5.41) is 14.0.